The molecule has 1 aromatic carbocycles. The fraction of sp³-hybridized carbons (Fsp3) is 0.579. The van der Waals surface area contributed by atoms with Crippen LogP contribution < -0.4 is 19.7 Å². The molecule has 0 spiro atoms. The minimum atomic E-state index is -4.33. The summed E-state index contributed by atoms with van der Waals surface area (Å²) in [6, 6.07) is 4.14. The highest BCUT2D eigenvalue weighted by Crippen LogP contribution is 2.39. The molecule has 1 N–H and O–H groups in total. The molecule has 3 aliphatic rings. The number of halogens is 3. The van der Waals surface area contributed by atoms with Gasteiger partial charge < -0.3 is 19.7 Å². The summed E-state index contributed by atoms with van der Waals surface area (Å²) in [5, 5.41) is 2.57. The maximum atomic E-state index is 13.2. The van der Waals surface area contributed by atoms with E-state index in [1.54, 1.807) is 18.2 Å². The van der Waals surface area contributed by atoms with Crippen LogP contribution in [0.2, 0.25) is 0 Å². The number of nitrogens with zero attached hydrogens (tertiary/aromatic N) is 1. The van der Waals surface area contributed by atoms with E-state index in [1.807, 2.05) is 0 Å². The van der Waals surface area contributed by atoms with Crippen molar-refractivity contribution in [2.24, 2.45) is 11.8 Å². The maximum absolute atomic E-state index is 13.2. The van der Waals surface area contributed by atoms with E-state index >= 15 is 0 Å². The van der Waals surface area contributed by atoms with Gasteiger partial charge in [-0.1, -0.05) is 12.8 Å². The van der Waals surface area contributed by atoms with Gasteiger partial charge in [-0.3, -0.25) is 9.59 Å². The molecule has 1 aromatic rings. The van der Waals surface area contributed by atoms with Gasteiger partial charge in [0.1, 0.15) is 0 Å². The van der Waals surface area contributed by atoms with Crippen molar-refractivity contribution in [2.45, 2.75) is 44.3 Å². The summed E-state index contributed by atoms with van der Waals surface area (Å²) in [7, 11) is 0. The Kier molecular flexibility index (Phi) is 4.84. The lowest BCUT2D eigenvalue weighted by Gasteiger charge is -2.34. The molecule has 28 heavy (non-hydrogen) atoms. The van der Waals surface area contributed by atoms with E-state index in [1.165, 1.54) is 4.90 Å². The predicted molar refractivity (Wildman–Crippen MR) is 93.0 cm³/mol. The lowest BCUT2D eigenvalue weighted by molar-refractivity contribution is -0.189. The molecule has 2 aliphatic heterocycles. The van der Waals surface area contributed by atoms with Crippen molar-refractivity contribution in [3.8, 4) is 11.5 Å². The average molecular weight is 398 g/mol. The molecule has 1 saturated heterocycles. The Morgan fingerprint density at radius 3 is 2.68 bits per heavy atom. The molecule has 6 nitrogen and oxygen atoms in total. The maximum Gasteiger partial charge on any atom is 0.393 e. The molecule has 2 heterocycles. The Labute approximate surface area is 160 Å². The molecule has 3 atom stereocenters. The Hall–Kier alpha value is -2.45. The average Bonchev–Trinajstić information content (AvgIpc) is 3.27. The third-order valence-electron chi connectivity index (χ3n) is 5.68. The van der Waals surface area contributed by atoms with Gasteiger partial charge in [-0.15, -0.1) is 0 Å². The van der Waals surface area contributed by atoms with Crippen LogP contribution in [-0.4, -0.2) is 37.4 Å². The topological polar surface area (TPSA) is 67.9 Å². The zero-order valence-corrected chi connectivity index (χ0v) is 15.1. The number of rotatable bonds is 3. The lowest BCUT2D eigenvalue weighted by atomic mass is 9.83. The van der Waals surface area contributed by atoms with Gasteiger partial charge in [-0.05, 0) is 25.0 Å². The number of fused-ring (bicyclic) bond motifs is 1. The molecule has 0 radical (unpaired) electrons. The predicted octanol–water partition coefficient (Wildman–Crippen LogP) is 3.01. The highest BCUT2D eigenvalue weighted by Gasteiger charge is 2.47. The number of nitrogens with one attached hydrogen (secondary N) is 1. The summed E-state index contributed by atoms with van der Waals surface area (Å²) in [4.78, 5) is 26.5. The van der Waals surface area contributed by atoms with Crippen molar-refractivity contribution in [2.75, 3.05) is 18.2 Å². The third kappa shape index (κ3) is 3.62. The molecule has 0 aromatic heterocycles. The van der Waals surface area contributed by atoms with E-state index in [0.29, 0.717) is 36.4 Å². The number of amides is 2. The van der Waals surface area contributed by atoms with Crippen LogP contribution in [0.1, 0.15) is 32.1 Å². The quantitative estimate of drug-likeness (QED) is 0.850. The summed E-state index contributed by atoms with van der Waals surface area (Å²) in [5.41, 5.74) is 0.579. The number of hydrogen-bond donors (Lipinski definition) is 1. The van der Waals surface area contributed by atoms with Gasteiger partial charge in [0, 0.05) is 30.8 Å². The van der Waals surface area contributed by atoms with Gasteiger partial charge >= 0.3 is 6.18 Å². The lowest BCUT2D eigenvalue weighted by Crippen LogP contribution is -2.49. The van der Waals surface area contributed by atoms with Crippen LogP contribution in [0.15, 0.2) is 18.2 Å². The molecule has 0 unspecified atom stereocenters. The highest BCUT2D eigenvalue weighted by molar-refractivity contribution is 6.00. The number of anilines is 1. The largest absolute Gasteiger partial charge is 0.454 e. The molecule has 4 rings (SSSR count). The molecule has 9 heteroatoms. The van der Waals surface area contributed by atoms with Crippen LogP contribution >= 0.6 is 0 Å². The Morgan fingerprint density at radius 2 is 1.89 bits per heavy atom. The van der Waals surface area contributed by atoms with Crippen LogP contribution in [-0.2, 0) is 9.59 Å². The van der Waals surface area contributed by atoms with Gasteiger partial charge in [0.25, 0.3) is 0 Å². The number of alkyl halides is 3. The number of ether oxygens (including phenoxy) is 2. The Balaban J connectivity index is 1.42. The van der Waals surface area contributed by atoms with E-state index in [4.69, 9.17) is 9.47 Å². The van der Waals surface area contributed by atoms with E-state index < -0.39 is 30.0 Å². The summed E-state index contributed by atoms with van der Waals surface area (Å²) in [5.74, 6) is -1.82. The van der Waals surface area contributed by atoms with Crippen LogP contribution in [0.25, 0.3) is 0 Å². The molecule has 1 aliphatic carbocycles. The van der Waals surface area contributed by atoms with Crippen molar-refractivity contribution >= 4 is 17.5 Å². The molecular formula is C19H21F3N2O4. The molecule has 2 fully saturated rings. The van der Waals surface area contributed by atoms with Crippen LogP contribution in [0.3, 0.4) is 0 Å². The molecule has 1 saturated carbocycles. The second kappa shape index (κ2) is 7.18. The first-order chi connectivity index (χ1) is 13.3. The SMILES string of the molecule is O=C(N[C@@H]1CCCC[C@H]1C(F)(F)F)[C@H]1CC(=O)N(c2ccc3c(c2)OCO3)C1. The van der Waals surface area contributed by atoms with Crippen molar-refractivity contribution in [3.63, 3.8) is 0 Å². The van der Waals surface area contributed by atoms with E-state index in [0.717, 1.165) is 0 Å². The van der Waals surface area contributed by atoms with Crippen molar-refractivity contribution < 1.29 is 32.2 Å². The van der Waals surface area contributed by atoms with Crippen LogP contribution in [0.4, 0.5) is 18.9 Å². The van der Waals surface area contributed by atoms with Crippen LogP contribution in [0.5, 0.6) is 11.5 Å². The van der Waals surface area contributed by atoms with Crippen molar-refractivity contribution in [1.29, 1.82) is 0 Å². The minimum absolute atomic E-state index is 0.0241. The van der Waals surface area contributed by atoms with Gasteiger partial charge in [0.05, 0.1) is 11.8 Å². The minimum Gasteiger partial charge on any atom is -0.454 e. The first-order valence-electron chi connectivity index (χ1n) is 9.40. The zero-order valence-electron chi connectivity index (χ0n) is 15.1. The number of carbonyl (C=O) groups is 2. The normalized spacial score (nSPS) is 27.2. The second-order valence-electron chi connectivity index (χ2n) is 7.49. The molecule has 152 valence electrons. The number of benzene rings is 1. The van der Waals surface area contributed by atoms with Gasteiger partial charge in [0.15, 0.2) is 11.5 Å². The second-order valence-corrected chi connectivity index (χ2v) is 7.49. The fourth-order valence-corrected chi connectivity index (χ4v) is 4.18. The highest BCUT2D eigenvalue weighted by atomic mass is 19.4. The molecular weight excluding hydrogens is 377 g/mol. The summed E-state index contributed by atoms with van der Waals surface area (Å²) >= 11 is 0. The number of carbonyl (C=O) groups excluding carboxylic acids is 2. The summed E-state index contributed by atoms with van der Waals surface area (Å²) < 4.78 is 50.3. The Bertz CT molecular complexity index is 783. The van der Waals surface area contributed by atoms with Gasteiger partial charge in [0.2, 0.25) is 18.6 Å². The van der Waals surface area contributed by atoms with Crippen molar-refractivity contribution in [3.05, 3.63) is 18.2 Å². The monoisotopic (exact) mass is 398 g/mol. The standard InChI is InChI=1S/C19H21F3N2O4/c20-19(21,22)13-3-1-2-4-14(13)23-18(26)11-7-17(25)24(9-11)12-5-6-15-16(8-12)28-10-27-15/h5-6,8,11,13-14H,1-4,7,9-10H2,(H,23,26)/t11-,13+,14+/m0/s1. The first-order valence-corrected chi connectivity index (χ1v) is 9.40. The molecule has 2 amide bonds. The first kappa shape index (κ1) is 18.9. The summed E-state index contributed by atoms with van der Waals surface area (Å²) in [6.07, 6.45) is -2.85. The smallest absolute Gasteiger partial charge is 0.393 e. The van der Waals surface area contributed by atoms with Gasteiger partial charge in [-0.2, -0.15) is 13.2 Å². The number of hydrogen-bond acceptors (Lipinski definition) is 4. The zero-order chi connectivity index (χ0) is 19.9. The van der Waals surface area contributed by atoms with Crippen LogP contribution in [0, 0.1) is 11.8 Å². The molecule has 0 bridgehead atoms. The summed E-state index contributed by atoms with van der Waals surface area (Å²) in [6.45, 7) is 0.243. The van der Waals surface area contributed by atoms with E-state index in [9.17, 15) is 22.8 Å². The van der Waals surface area contributed by atoms with E-state index in [-0.39, 0.29) is 32.1 Å². The third-order valence-corrected chi connectivity index (χ3v) is 5.68. The fourth-order valence-electron chi connectivity index (χ4n) is 4.18. The van der Waals surface area contributed by atoms with E-state index in [2.05, 4.69) is 5.32 Å². The Morgan fingerprint density at radius 1 is 1.14 bits per heavy atom. The van der Waals surface area contributed by atoms with Crippen molar-refractivity contribution in [1.82, 2.24) is 5.32 Å². The van der Waals surface area contributed by atoms with Gasteiger partial charge in [-0.25, -0.2) is 0 Å².